The number of pyridine rings is 1. The minimum atomic E-state index is -0.589. The third-order valence-corrected chi connectivity index (χ3v) is 7.56. The van der Waals surface area contributed by atoms with Crippen LogP contribution in [0.2, 0.25) is 5.15 Å². The van der Waals surface area contributed by atoms with Crippen LogP contribution >= 0.6 is 11.6 Å². The van der Waals surface area contributed by atoms with Crippen molar-refractivity contribution in [3.8, 4) is 0 Å². The minimum Gasteiger partial charge on any atom is -0.444 e. The number of likely N-dealkylation sites (N-methyl/N-ethyl adjacent to an activating group) is 1. The highest BCUT2D eigenvalue weighted by atomic mass is 35.5. The van der Waals surface area contributed by atoms with Gasteiger partial charge in [0.1, 0.15) is 16.6 Å². The van der Waals surface area contributed by atoms with Crippen molar-refractivity contribution in [1.29, 1.82) is 0 Å². The molecule has 42 heavy (non-hydrogen) atoms. The molecule has 11 nitrogen and oxygen atoms in total. The van der Waals surface area contributed by atoms with Crippen LogP contribution in [-0.2, 0) is 9.47 Å². The van der Waals surface area contributed by atoms with Crippen LogP contribution in [0.3, 0.4) is 0 Å². The zero-order valence-corrected chi connectivity index (χ0v) is 25.4. The van der Waals surface area contributed by atoms with Gasteiger partial charge in [-0.25, -0.2) is 14.8 Å². The monoisotopic (exact) mass is 595 g/mol. The van der Waals surface area contributed by atoms with Gasteiger partial charge in [0, 0.05) is 62.8 Å². The first kappa shape index (κ1) is 29.8. The Labute approximate surface area is 251 Å². The molecule has 2 aromatic heterocycles. The Bertz CT molecular complexity index is 1440. The number of hydrogen-bond acceptors (Lipinski definition) is 9. The van der Waals surface area contributed by atoms with Gasteiger partial charge in [-0.1, -0.05) is 11.6 Å². The summed E-state index contributed by atoms with van der Waals surface area (Å²) in [6.07, 6.45) is 4.91. The molecule has 5 rings (SSSR count). The summed E-state index contributed by atoms with van der Waals surface area (Å²) in [5.74, 6) is 0.553. The van der Waals surface area contributed by atoms with Crippen molar-refractivity contribution in [2.45, 2.75) is 45.3 Å². The van der Waals surface area contributed by atoms with Crippen molar-refractivity contribution in [2.24, 2.45) is 0 Å². The second kappa shape index (κ2) is 12.7. The van der Waals surface area contributed by atoms with Gasteiger partial charge in [-0.15, -0.1) is 0 Å². The predicted octanol–water partition coefficient (Wildman–Crippen LogP) is 4.45. The third-order valence-electron chi connectivity index (χ3n) is 7.35. The number of ether oxygens (including phenoxy) is 2. The highest BCUT2D eigenvalue weighted by molar-refractivity contribution is 6.29. The number of rotatable bonds is 7. The van der Waals surface area contributed by atoms with E-state index in [4.69, 9.17) is 31.0 Å². The van der Waals surface area contributed by atoms with E-state index in [1.165, 1.54) is 4.90 Å². The summed E-state index contributed by atoms with van der Waals surface area (Å²) in [5, 5.41) is 3.38. The van der Waals surface area contributed by atoms with Gasteiger partial charge in [-0.2, -0.15) is 0 Å². The highest BCUT2D eigenvalue weighted by Gasteiger charge is 2.30. The number of morpholine rings is 1. The second-order valence-corrected chi connectivity index (χ2v) is 12.0. The predicted molar refractivity (Wildman–Crippen MR) is 162 cm³/mol. The van der Waals surface area contributed by atoms with Crippen molar-refractivity contribution in [3.63, 3.8) is 0 Å². The number of hydrogen-bond donors (Lipinski definition) is 1. The number of nitrogens with zero attached hydrogens (tertiary/aromatic N) is 6. The van der Waals surface area contributed by atoms with E-state index >= 15 is 0 Å². The molecule has 4 heterocycles. The van der Waals surface area contributed by atoms with Gasteiger partial charge in [0.15, 0.2) is 0 Å². The lowest BCUT2D eigenvalue weighted by molar-refractivity contribution is 0.0299. The molecule has 0 saturated carbocycles. The normalized spacial score (nSPS) is 17.4. The van der Waals surface area contributed by atoms with Gasteiger partial charge in [-0.05, 0) is 57.9 Å². The zero-order chi connectivity index (χ0) is 29.9. The van der Waals surface area contributed by atoms with Gasteiger partial charge in [-0.3, -0.25) is 9.78 Å². The summed E-state index contributed by atoms with van der Waals surface area (Å²) >= 11 is 6.25. The zero-order valence-electron chi connectivity index (χ0n) is 24.6. The average Bonchev–Trinajstić information content (AvgIpc) is 3.46. The number of nitrogens with one attached hydrogen (secondary N) is 1. The van der Waals surface area contributed by atoms with E-state index in [1.54, 1.807) is 25.5 Å². The lowest BCUT2D eigenvalue weighted by Crippen LogP contribution is -2.39. The molecule has 0 aliphatic carbocycles. The maximum Gasteiger partial charge on any atom is 0.410 e. The number of benzene rings is 1. The second-order valence-electron chi connectivity index (χ2n) is 11.6. The Hall–Kier alpha value is -3.70. The maximum absolute atomic E-state index is 13.4. The lowest BCUT2D eigenvalue weighted by Gasteiger charge is -2.30. The molecule has 2 aliphatic rings. The summed E-state index contributed by atoms with van der Waals surface area (Å²) < 4.78 is 10.9. The Kier molecular flexibility index (Phi) is 8.98. The number of carbonyl (C=O) groups excluding carboxylic acids is 2. The topological polar surface area (TPSA) is 113 Å². The Morgan fingerprint density at radius 1 is 1.17 bits per heavy atom. The number of carbonyl (C=O) groups is 2. The highest BCUT2D eigenvalue weighted by Crippen LogP contribution is 2.39. The summed E-state index contributed by atoms with van der Waals surface area (Å²) in [5.41, 5.74) is 3.25. The molecular weight excluding hydrogens is 558 g/mol. The average molecular weight is 596 g/mol. The van der Waals surface area contributed by atoms with Crippen LogP contribution < -0.4 is 15.1 Å². The molecule has 0 radical (unpaired) electrons. The molecule has 224 valence electrons. The molecule has 1 aromatic carbocycles. The number of fused-ring (bicyclic) bond motifs is 1. The summed E-state index contributed by atoms with van der Waals surface area (Å²) in [6.45, 7) is 9.67. The number of anilines is 2. The van der Waals surface area contributed by atoms with Crippen molar-refractivity contribution in [1.82, 2.24) is 25.2 Å². The standard InChI is InChI=1S/C30H38ClN7O4/c1-30(2,3)42-29(40)36(4)11-9-33-28(39)20-16-22(24-6-5-10-38(24)21-7-8-32-25(31)18-21)27-23(17-20)34-19-26(35-27)37-12-14-41-15-13-37/h7-8,16-19,24H,5-6,9-15H2,1-4H3,(H,33,39). The van der Waals surface area contributed by atoms with E-state index in [0.29, 0.717) is 36.0 Å². The van der Waals surface area contributed by atoms with E-state index in [-0.39, 0.29) is 18.5 Å². The van der Waals surface area contributed by atoms with Crippen LogP contribution in [0.5, 0.6) is 0 Å². The first-order chi connectivity index (χ1) is 20.1. The van der Waals surface area contributed by atoms with Crippen molar-refractivity contribution < 1.29 is 19.1 Å². The smallest absolute Gasteiger partial charge is 0.410 e. The fourth-order valence-corrected chi connectivity index (χ4v) is 5.47. The summed E-state index contributed by atoms with van der Waals surface area (Å²) in [7, 11) is 1.65. The van der Waals surface area contributed by atoms with Crippen molar-refractivity contribution in [2.75, 3.05) is 62.8 Å². The summed E-state index contributed by atoms with van der Waals surface area (Å²) in [6, 6.07) is 7.51. The third kappa shape index (κ3) is 7.01. The summed E-state index contributed by atoms with van der Waals surface area (Å²) in [4.78, 5) is 45.6. The molecule has 2 aliphatic heterocycles. The Morgan fingerprint density at radius 2 is 1.95 bits per heavy atom. The van der Waals surface area contributed by atoms with Gasteiger partial charge < -0.3 is 29.5 Å². The first-order valence-electron chi connectivity index (χ1n) is 14.3. The molecule has 12 heteroatoms. The van der Waals surface area contributed by atoms with E-state index in [0.717, 1.165) is 55.1 Å². The van der Waals surface area contributed by atoms with Crippen molar-refractivity contribution >= 4 is 46.1 Å². The van der Waals surface area contributed by atoms with E-state index in [9.17, 15) is 9.59 Å². The lowest BCUT2D eigenvalue weighted by atomic mass is 9.98. The Balaban J connectivity index is 1.43. The number of halogens is 1. The fraction of sp³-hybridized carbons (Fsp3) is 0.500. The minimum absolute atomic E-state index is 0.0220. The van der Waals surface area contributed by atoms with Crippen LogP contribution in [0.25, 0.3) is 11.0 Å². The van der Waals surface area contributed by atoms with E-state index in [1.807, 2.05) is 39.0 Å². The molecule has 2 saturated heterocycles. The molecule has 0 spiro atoms. The Morgan fingerprint density at radius 3 is 2.69 bits per heavy atom. The van der Waals surface area contributed by atoms with Gasteiger partial charge in [0.2, 0.25) is 0 Å². The van der Waals surface area contributed by atoms with Crippen LogP contribution in [0.15, 0.2) is 36.7 Å². The SMILES string of the molecule is CN(CCNC(=O)c1cc(C2CCCN2c2ccnc(Cl)c2)c2nc(N3CCOCC3)cnc2c1)C(=O)OC(C)(C)C. The van der Waals surface area contributed by atoms with Crippen molar-refractivity contribution in [3.05, 3.63) is 52.9 Å². The van der Waals surface area contributed by atoms with Crippen LogP contribution in [0.4, 0.5) is 16.3 Å². The fourth-order valence-electron chi connectivity index (χ4n) is 5.30. The quantitative estimate of drug-likeness (QED) is 0.396. The van der Waals surface area contributed by atoms with Gasteiger partial charge in [0.05, 0.1) is 36.5 Å². The number of amides is 2. The van der Waals surface area contributed by atoms with E-state index in [2.05, 4.69) is 20.1 Å². The first-order valence-corrected chi connectivity index (χ1v) is 14.7. The molecule has 0 bridgehead atoms. The van der Waals surface area contributed by atoms with E-state index < -0.39 is 11.7 Å². The molecule has 1 unspecified atom stereocenters. The number of aromatic nitrogens is 3. The van der Waals surface area contributed by atoms with Gasteiger partial charge in [0.25, 0.3) is 5.91 Å². The maximum atomic E-state index is 13.4. The molecule has 1 atom stereocenters. The molecule has 3 aromatic rings. The molecular formula is C30H38ClN7O4. The molecule has 2 amide bonds. The molecule has 1 N–H and O–H groups in total. The van der Waals surface area contributed by atoms with Crippen LogP contribution in [0, 0.1) is 0 Å². The molecule has 2 fully saturated rings. The van der Waals surface area contributed by atoms with Crippen LogP contribution in [0.1, 0.15) is 55.6 Å². The largest absolute Gasteiger partial charge is 0.444 e. The van der Waals surface area contributed by atoms with Gasteiger partial charge >= 0.3 is 6.09 Å². The van der Waals surface area contributed by atoms with Crippen LogP contribution in [-0.4, -0.2) is 90.4 Å².